The molecule has 3 aromatic rings. The molecule has 2 aromatic carbocycles. The number of carbonyl (C=O) groups is 2. The molecule has 1 aliphatic heterocycles. The van der Waals surface area contributed by atoms with Gasteiger partial charge in [0.15, 0.2) is 0 Å². The third-order valence-electron chi connectivity index (χ3n) is 5.25. The standard InChI is InChI=1S/C24H24N4O3/c1-31-19-10-8-18(9-11-19)23-27-21-7-3-2-6-20(21)24(30)28(23)14-12-22(29)26-16-17-5-4-13-25-15-17/h2-11,13,15,23,27H,12,14,16H2,1H3,(H,26,29)/t23-/m1/s1. The molecule has 4 rings (SSSR count). The smallest absolute Gasteiger partial charge is 0.257 e. The van der Waals surface area contributed by atoms with Crippen molar-refractivity contribution in [3.63, 3.8) is 0 Å². The lowest BCUT2D eigenvalue weighted by Gasteiger charge is -2.38. The van der Waals surface area contributed by atoms with Gasteiger partial charge in [-0.25, -0.2) is 0 Å². The van der Waals surface area contributed by atoms with Crippen molar-refractivity contribution in [2.75, 3.05) is 19.0 Å². The summed E-state index contributed by atoms with van der Waals surface area (Å²) in [7, 11) is 1.62. The first kappa shape index (κ1) is 20.4. The van der Waals surface area contributed by atoms with Gasteiger partial charge in [0.2, 0.25) is 5.91 Å². The van der Waals surface area contributed by atoms with Crippen molar-refractivity contribution in [3.05, 3.63) is 89.7 Å². The third kappa shape index (κ3) is 4.66. The Morgan fingerprint density at radius 2 is 1.94 bits per heavy atom. The number of fused-ring (bicyclic) bond motifs is 1. The molecule has 0 spiro atoms. The summed E-state index contributed by atoms with van der Waals surface area (Å²) in [6.07, 6.45) is 3.23. The number of anilines is 1. The van der Waals surface area contributed by atoms with Crippen molar-refractivity contribution < 1.29 is 14.3 Å². The fraction of sp³-hybridized carbons (Fsp3) is 0.208. The third-order valence-corrected chi connectivity index (χ3v) is 5.25. The molecule has 1 aromatic heterocycles. The molecule has 0 aliphatic carbocycles. The number of aromatic nitrogens is 1. The zero-order valence-electron chi connectivity index (χ0n) is 17.2. The van der Waals surface area contributed by atoms with Gasteiger partial charge in [-0.1, -0.05) is 30.3 Å². The van der Waals surface area contributed by atoms with E-state index in [2.05, 4.69) is 15.6 Å². The predicted molar refractivity (Wildman–Crippen MR) is 118 cm³/mol. The first-order valence-electron chi connectivity index (χ1n) is 10.1. The SMILES string of the molecule is COc1ccc([C@@H]2Nc3ccccc3C(=O)N2CCC(=O)NCc2cccnc2)cc1. The van der Waals surface area contributed by atoms with Gasteiger partial charge in [-0.15, -0.1) is 0 Å². The number of rotatable bonds is 7. The van der Waals surface area contributed by atoms with Crippen LogP contribution in [0.2, 0.25) is 0 Å². The molecule has 2 N–H and O–H groups in total. The van der Waals surface area contributed by atoms with Crippen molar-refractivity contribution in [2.45, 2.75) is 19.1 Å². The Labute approximate surface area is 181 Å². The van der Waals surface area contributed by atoms with Crippen LogP contribution < -0.4 is 15.4 Å². The summed E-state index contributed by atoms with van der Waals surface area (Å²) in [6.45, 7) is 0.694. The Morgan fingerprint density at radius 3 is 2.68 bits per heavy atom. The molecule has 2 amide bonds. The highest BCUT2D eigenvalue weighted by atomic mass is 16.5. The topological polar surface area (TPSA) is 83.6 Å². The van der Waals surface area contributed by atoms with Gasteiger partial charge < -0.3 is 20.3 Å². The van der Waals surface area contributed by atoms with Gasteiger partial charge in [0.1, 0.15) is 11.9 Å². The number of ether oxygens (including phenoxy) is 1. The van der Waals surface area contributed by atoms with Crippen LogP contribution >= 0.6 is 0 Å². The second-order valence-corrected chi connectivity index (χ2v) is 7.25. The molecular weight excluding hydrogens is 392 g/mol. The second-order valence-electron chi connectivity index (χ2n) is 7.25. The molecule has 0 radical (unpaired) electrons. The van der Waals surface area contributed by atoms with E-state index in [-0.39, 0.29) is 30.9 Å². The van der Waals surface area contributed by atoms with Crippen LogP contribution in [-0.2, 0) is 11.3 Å². The monoisotopic (exact) mass is 416 g/mol. The average molecular weight is 416 g/mol. The van der Waals surface area contributed by atoms with Gasteiger partial charge in [-0.3, -0.25) is 14.6 Å². The number of nitrogens with one attached hydrogen (secondary N) is 2. The Hall–Kier alpha value is -3.87. The maximum Gasteiger partial charge on any atom is 0.257 e. The van der Waals surface area contributed by atoms with E-state index in [1.165, 1.54) is 0 Å². The van der Waals surface area contributed by atoms with Crippen LogP contribution in [0, 0.1) is 0 Å². The van der Waals surface area contributed by atoms with E-state index in [0.29, 0.717) is 12.1 Å². The lowest BCUT2D eigenvalue weighted by Crippen LogP contribution is -2.44. The summed E-state index contributed by atoms with van der Waals surface area (Å²) >= 11 is 0. The zero-order valence-corrected chi connectivity index (χ0v) is 17.2. The van der Waals surface area contributed by atoms with Crippen LogP contribution in [0.4, 0.5) is 5.69 Å². The summed E-state index contributed by atoms with van der Waals surface area (Å²) < 4.78 is 5.24. The van der Waals surface area contributed by atoms with Crippen molar-refractivity contribution in [1.29, 1.82) is 0 Å². The predicted octanol–water partition coefficient (Wildman–Crippen LogP) is 3.36. The summed E-state index contributed by atoms with van der Waals surface area (Å²) in [5.74, 6) is 0.520. The highest BCUT2D eigenvalue weighted by Crippen LogP contribution is 2.33. The number of amides is 2. The normalized spacial score (nSPS) is 15.1. The zero-order chi connectivity index (χ0) is 21.6. The molecule has 7 heteroatoms. The molecule has 0 fully saturated rings. The van der Waals surface area contributed by atoms with E-state index in [0.717, 1.165) is 22.6 Å². The van der Waals surface area contributed by atoms with Crippen molar-refractivity contribution in [1.82, 2.24) is 15.2 Å². The summed E-state index contributed by atoms with van der Waals surface area (Å²) in [5, 5.41) is 6.33. The van der Waals surface area contributed by atoms with Crippen molar-refractivity contribution in [3.8, 4) is 5.75 Å². The molecule has 0 saturated carbocycles. The molecule has 1 atom stereocenters. The van der Waals surface area contributed by atoms with Gasteiger partial charge in [0.25, 0.3) is 5.91 Å². The number of hydrogen-bond acceptors (Lipinski definition) is 5. The van der Waals surface area contributed by atoms with Crippen LogP contribution in [0.15, 0.2) is 73.1 Å². The largest absolute Gasteiger partial charge is 0.497 e. The van der Waals surface area contributed by atoms with Crippen LogP contribution in [0.1, 0.15) is 34.1 Å². The molecule has 158 valence electrons. The number of para-hydroxylation sites is 1. The van der Waals surface area contributed by atoms with E-state index in [1.807, 2.05) is 54.6 Å². The minimum atomic E-state index is -0.376. The minimum Gasteiger partial charge on any atom is -0.497 e. The molecule has 0 saturated heterocycles. The average Bonchev–Trinajstić information content (AvgIpc) is 2.83. The molecule has 2 heterocycles. The van der Waals surface area contributed by atoms with Gasteiger partial charge in [0, 0.05) is 37.6 Å². The molecular formula is C24H24N4O3. The van der Waals surface area contributed by atoms with Crippen molar-refractivity contribution >= 4 is 17.5 Å². The number of carbonyl (C=O) groups excluding carboxylic acids is 2. The summed E-state index contributed by atoms with van der Waals surface area (Å²) in [6, 6.07) is 18.7. The summed E-state index contributed by atoms with van der Waals surface area (Å²) in [5.41, 5.74) is 3.23. The first-order valence-corrected chi connectivity index (χ1v) is 10.1. The highest BCUT2D eigenvalue weighted by Gasteiger charge is 2.32. The number of benzene rings is 2. The fourth-order valence-electron chi connectivity index (χ4n) is 3.59. The van der Waals surface area contributed by atoms with E-state index in [4.69, 9.17) is 4.74 Å². The second kappa shape index (κ2) is 9.30. The van der Waals surface area contributed by atoms with Crippen LogP contribution in [-0.4, -0.2) is 35.4 Å². The quantitative estimate of drug-likeness (QED) is 0.617. The minimum absolute atomic E-state index is 0.102. The number of pyridine rings is 1. The number of methoxy groups -OCH3 is 1. The van der Waals surface area contributed by atoms with Gasteiger partial charge in [0.05, 0.1) is 12.7 Å². The van der Waals surface area contributed by atoms with Crippen LogP contribution in [0.3, 0.4) is 0 Å². The van der Waals surface area contributed by atoms with E-state index < -0.39 is 0 Å². The highest BCUT2D eigenvalue weighted by molar-refractivity contribution is 6.01. The van der Waals surface area contributed by atoms with Crippen LogP contribution in [0.5, 0.6) is 5.75 Å². The van der Waals surface area contributed by atoms with E-state index >= 15 is 0 Å². The number of hydrogen-bond donors (Lipinski definition) is 2. The Kier molecular flexibility index (Phi) is 6.12. The van der Waals surface area contributed by atoms with Crippen molar-refractivity contribution in [2.24, 2.45) is 0 Å². The Bertz CT molecular complexity index is 1050. The van der Waals surface area contributed by atoms with Gasteiger partial charge >= 0.3 is 0 Å². The summed E-state index contributed by atoms with van der Waals surface area (Å²) in [4.78, 5) is 31.4. The molecule has 0 bridgehead atoms. The number of nitrogens with zero attached hydrogens (tertiary/aromatic N) is 2. The van der Waals surface area contributed by atoms with Gasteiger partial charge in [-0.05, 0) is 41.5 Å². The molecule has 1 aliphatic rings. The fourth-order valence-corrected chi connectivity index (χ4v) is 3.59. The lowest BCUT2D eigenvalue weighted by atomic mass is 10.0. The van der Waals surface area contributed by atoms with Gasteiger partial charge in [-0.2, -0.15) is 0 Å². The van der Waals surface area contributed by atoms with Crippen LogP contribution in [0.25, 0.3) is 0 Å². The Balaban J connectivity index is 1.49. The molecule has 31 heavy (non-hydrogen) atoms. The molecule has 0 unspecified atom stereocenters. The Morgan fingerprint density at radius 1 is 1.13 bits per heavy atom. The van der Waals surface area contributed by atoms with E-state index in [9.17, 15) is 9.59 Å². The molecule has 7 nitrogen and oxygen atoms in total. The maximum absolute atomic E-state index is 13.2. The lowest BCUT2D eigenvalue weighted by molar-refractivity contribution is -0.121. The first-order chi connectivity index (χ1) is 15.2. The maximum atomic E-state index is 13.2. The van der Waals surface area contributed by atoms with E-state index in [1.54, 1.807) is 30.5 Å².